The van der Waals surface area contributed by atoms with Gasteiger partial charge in [-0.1, -0.05) is 6.92 Å². The highest BCUT2D eigenvalue weighted by molar-refractivity contribution is 7.84. The minimum absolute atomic E-state index is 0.0459. The molecule has 10 heteroatoms. The molecule has 4 rings (SSSR count). The van der Waals surface area contributed by atoms with Crippen molar-refractivity contribution in [1.82, 2.24) is 0 Å². The van der Waals surface area contributed by atoms with Gasteiger partial charge in [-0.25, -0.2) is 5.14 Å². The molecule has 0 aromatic carbocycles. The molecule has 3 unspecified atom stereocenters. The molecule has 2 N–H and O–H groups in total. The van der Waals surface area contributed by atoms with Crippen molar-refractivity contribution in [2.45, 2.75) is 76.2 Å². The number of esters is 1. The van der Waals surface area contributed by atoms with Crippen molar-refractivity contribution < 1.29 is 35.3 Å². The number of hydrogen-bond donors (Lipinski definition) is 1. The molecular weight excluding hydrogens is 375 g/mol. The van der Waals surface area contributed by atoms with Crippen molar-refractivity contribution >= 4 is 16.3 Å². The second-order valence-corrected chi connectivity index (χ2v) is 9.63. The molecular formula is C16H24F3NO5S. The summed E-state index contributed by atoms with van der Waals surface area (Å²) in [6, 6.07) is 0. The number of rotatable bonds is 5. The van der Waals surface area contributed by atoms with Crippen LogP contribution in [0.15, 0.2) is 0 Å². The molecule has 0 amide bonds. The van der Waals surface area contributed by atoms with Crippen LogP contribution in [0, 0.1) is 17.3 Å². The largest absolute Gasteiger partial charge is 0.458 e. The summed E-state index contributed by atoms with van der Waals surface area (Å²) in [4.78, 5) is 12.5. The van der Waals surface area contributed by atoms with Gasteiger partial charge in [0.15, 0.2) is 5.41 Å². The van der Waals surface area contributed by atoms with Crippen LogP contribution in [0.4, 0.5) is 13.2 Å². The summed E-state index contributed by atoms with van der Waals surface area (Å²) in [5, 5.41) is 5.04. The first-order valence-corrected chi connectivity index (χ1v) is 10.2. The number of halogens is 3. The fourth-order valence-corrected chi connectivity index (χ4v) is 6.02. The standard InChI is InChI=1S/C16H24F3NO5S/c1-3-13(2,16(17,18)19)12(21)24-14-5-10-4-11(6-14)8-15(7-10,9-14)25-26(20,22)23/h10-11H,3-9H2,1-2H3,(H2,20,22,23). The van der Waals surface area contributed by atoms with E-state index in [4.69, 9.17) is 14.1 Å². The number of carbonyl (C=O) groups is 1. The average Bonchev–Trinajstić information content (AvgIpc) is 2.40. The van der Waals surface area contributed by atoms with Crippen LogP contribution in [0.2, 0.25) is 0 Å². The molecule has 0 aromatic heterocycles. The summed E-state index contributed by atoms with van der Waals surface area (Å²) in [6.07, 6.45) is -2.47. The van der Waals surface area contributed by atoms with Crippen molar-refractivity contribution in [3.05, 3.63) is 0 Å². The van der Waals surface area contributed by atoms with Gasteiger partial charge < -0.3 is 4.74 Å². The Hall–Kier alpha value is -0.870. The maximum absolute atomic E-state index is 13.4. The molecule has 3 atom stereocenters. The minimum atomic E-state index is -4.73. The SMILES string of the molecule is CCC(C)(C(=O)OC12CC3CC(C1)CC(OS(N)(=O)=O)(C3)C2)C(F)(F)F. The van der Waals surface area contributed by atoms with Crippen LogP contribution in [-0.4, -0.2) is 31.8 Å². The Balaban J connectivity index is 1.87. The van der Waals surface area contributed by atoms with Crippen LogP contribution in [0.1, 0.15) is 58.8 Å². The Morgan fingerprint density at radius 2 is 1.65 bits per heavy atom. The Morgan fingerprint density at radius 1 is 1.15 bits per heavy atom. The van der Waals surface area contributed by atoms with Crippen LogP contribution >= 0.6 is 0 Å². The predicted octanol–water partition coefficient (Wildman–Crippen LogP) is 2.82. The first-order chi connectivity index (χ1) is 11.7. The molecule has 6 nitrogen and oxygen atoms in total. The van der Waals surface area contributed by atoms with Crippen LogP contribution in [0.5, 0.6) is 0 Å². The van der Waals surface area contributed by atoms with Crippen LogP contribution in [0.3, 0.4) is 0 Å². The number of alkyl halides is 3. The molecule has 4 bridgehead atoms. The van der Waals surface area contributed by atoms with Gasteiger partial charge in [0.2, 0.25) is 0 Å². The third kappa shape index (κ3) is 3.35. The Kier molecular flexibility index (Phi) is 4.44. The molecule has 0 heterocycles. The minimum Gasteiger partial charge on any atom is -0.458 e. The maximum Gasteiger partial charge on any atom is 0.404 e. The maximum atomic E-state index is 13.4. The van der Waals surface area contributed by atoms with E-state index < -0.39 is 45.5 Å². The van der Waals surface area contributed by atoms with Gasteiger partial charge in [-0.2, -0.15) is 21.6 Å². The number of nitrogens with two attached hydrogens (primary N) is 1. The molecule has 0 radical (unpaired) electrons. The monoisotopic (exact) mass is 399 g/mol. The number of carbonyl (C=O) groups excluding carboxylic acids is 1. The molecule has 4 aliphatic rings. The van der Waals surface area contributed by atoms with E-state index in [2.05, 4.69) is 0 Å². The van der Waals surface area contributed by atoms with Crippen molar-refractivity contribution in [2.24, 2.45) is 22.4 Å². The summed E-state index contributed by atoms with van der Waals surface area (Å²) in [5.41, 5.74) is -4.80. The highest BCUT2D eigenvalue weighted by atomic mass is 32.2. The average molecular weight is 399 g/mol. The van der Waals surface area contributed by atoms with Crippen LogP contribution < -0.4 is 5.14 Å². The molecule has 4 saturated carbocycles. The van der Waals surface area contributed by atoms with Crippen molar-refractivity contribution in [3.63, 3.8) is 0 Å². The lowest BCUT2D eigenvalue weighted by atomic mass is 9.52. The third-order valence-electron chi connectivity index (χ3n) is 6.34. The zero-order valence-electron chi connectivity index (χ0n) is 14.8. The van der Waals surface area contributed by atoms with Crippen LogP contribution in [-0.2, 0) is 24.0 Å². The van der Waals surface area contributed by atoms with E-state index in [0.717, 1.165) is 13.3 Å². The van der Waals surface area contributed by atoms with Gasteiger partial charge in [-0.15, -0.1) is 0 Å². The van der Waals surface area contributed by atoms with E-state index in [1.807, 2.05) is 0 Å². The predicted molar refractivity (Wildman–Crippen MR) is 84.9 cm³/mol. The summed E-state index contributed by atoms with van der Waals surface area (Å²) in [7, 11) is -4.22. The van der Waals surface area contributed by atoms with Gasteiger partial charge >= 0.3 is 22.4 Å². The number of ether oxygens (including phenoxy) is 1. The first-order valence-electron chi connectivity index (χ1n) is 8.75. The highest BCUT2D eigenvalue weighted by Gasteiger charge is 2.64. The fraction of sp³-hybridized carbons (Fsp3) is 0.938. The molecule has 150 valence electrons. The van der Waals surface area contributed by atoms with Gasteiger partial charge in [0.05, 0.1) is 5.60 Å². The lowest BCUT2D eigenvalue weighted by molar-refractivity contribution is -0.254. The summed E-state index contributed by atoms with van der Waals surface area (Å²) in [6.45, 7) is 2.13. The molecule has 0 spiro atoms. The van der Waals surface area contributed by atoms with Crippen molar-refractivity contribution in [3.8, 4) is 0 Å². The van der Waals surface area contributed by atoms with E-state index in [0.29, 0.717) is 25.7 Å². The van der Waals surface area contributed by atoms with Crippen molar-refractivity contribution in [2.75, 3.05) is 0 Å². The Bertz CT molecular complexity index is 693. The zero-order valence-corrected chi connectivity index (χ0v) is 15.6. The second-order valence-electron chi connectivity index (χ2n) is 8.48. The van der Waals surface area contributed by atoms with E-state index in [9.17, 15) is 26.4 Å². The lowest BCUT2D eigenvalue weighted by Gasteiger charge is -2.60. The van der Waals surface area contributed by atoms with E-state index in [1.54, 1.807) is 0 Å². The lowest BCUT2D eigenvalue weighted by Crippen LogP contribution is -2.63. The van der Waals surface area contributed by atoms with Crippen molar-refractivity contribution in [1.29, 1.82) is 0 Å². The van der Waals surface area contributed by atoms with E-state index >= 15 is 0 Å². The third-order valence-corrected chi connectivity index (χ3v) is 6.93. The molecule has 0 aromatic rings. The van der Waals surface area contributed by atoms with Gasteiger partial charge in [0.25, 0.3) is 0 Å². The summed E-state index contributed by atoms with van der Waals surface area (Å²) < 4.78 is 73.8. The smallest absolute Gasteiger partial charge is 0.404 e. The first kappa shape index (κ1) is 19.9. The Labute approximate surface area is 150 Å². The van der Waals surface area contributed by atoms with E-state index in [-0.39, 0.29) is 18.3 Å². The number of hydrogen-bond acceptors (Lipinski definition) is 5. The molecule has 26 heavy (non-hydrogen) atoms. The summed E-state index contributed by atoms with van der Waals surface area (Å²) in [5.74, 6) is -1.21. The highest BCUT2D eigenvalue weighted by Crippen LogP contribution is 2.61. The molecule has 4 fully saturated rings. The quantitative estimate of drug-likeness (QED) is 0.717. The second kappa shape index (κ2) is 5.81. The van der Waals surface area contributed by atoms with Gasteiger partial charge in [0, 0.05) is 6.42 Å². The molecule has 4 aliphatic carbocycles. The molecule has 0 aliphatic heterocycles. The van der Waals surface area contributed by atoms with Crippen LogP contribution in [0.25, 0.3) is 0 Å². The fourth-order valence-electron chi connectivity index (χ4n) is 5.33. The topological polar surface area (TPSA) is 95.7 Å². The van der Waals surface area contributed by atoms with Gasteiger partial charge in [-0.3, -0.25) is 8.98 Å². The van der Waals surface area contributed by atoms with Gasteiger partial charge in [0.1, 0.15) is 5.60 Å². The van der Waals surface area contributed by atoms with E-state index in [1.165, 1.54) is 6.92 Å². The zero-order chi connectivity index (χ0) is 19.6. The summed E-state index contributed by atoms with van der Waals surface area (Å²) >= 11 is 0. The van der Waals surface area contributed by atoms with Gasteiger partial charge in [-0.05, 0) is 57.3 Å². The normalized spacial score (nSPS) is 38.8. The Morgan fingerprint density at radius 3 is 2.08 bits per heavy atom. The molecule has 0 saturated heterocycles.